The van der Waals surface area contributed by atoms with E-state index >= 15 is 0 Å². The molecule has 0 amide bonds. The Balaban J connectivity index is 0.000000565. The molecular weight excluding hydrogens is 577 g/mol. The predicted octanol–water partition coefficient (Wildman–Crippen LogP) is 8.00. The molecule has 4 heterocycles. The van der Waals surface area contributed by atoms with Crippen LogP contribution in [0.25, 0.3) is 10.4 Å². The Morgan fingerprint density at radius 3 is 2.28 bits per heavy atom. The maximum Gasteiger partial charge on any atom is 0.245 e. The number of hydrogen-bond acceptors (Lipinski definition) is 7. The van der Waals surface area contributed by atoms with Crippen molar-refractivity contribution in [2.75, 3.05) is 36.0 Å². The van der Waals surface area contributed by atoms with Gasteiger partial charge in [-0.05, 0) is 43.0 Å². The second-order valence-electron chi connectivity index (χ2n) is 11.7. The van der Waals surface area contributed by atoms with Crippen LogP contribution in [0.5, 0.6) is 0 Å². The molecule has 9 heteroatoms. The molecule has 1 unspecified atom stereocenters. The van der Waals surface area contributed by atoms with Crippen molar-refractivity contribution in [3.05, 3.63) is 71.9 Å². The van der Waals surface area contributed by atoms with Gasteiger partial charge in [-0.25, -0.2) is 13.4 Å². The number of thiophene rings is 1. The van der Waals surface area contributed by atoms with Gasteiger partial charge in [0.05, 0.1) is 17.1 Å². The Hall–Kier alpha value is -3.01. The van der Waals surface area contributed by atoms with E-state index in [0.29, 0.717) is 29.7 Å². The highest BCUT2D eigenvalue weighted by atomic mass is 32.2. The van der Waals surface area contributed by atoms with Crippen molar-refractivity contribution in [2.45, 2.75) is 82.6 Å². The number of Topliss-reactive ketones (excluding diaryl/α,β-unsaturated/α-hetero) is 1. The first-order chi connectivity index (χ1) is 20.8. The average Bonchev–Trinajstić information content (AvgIpc) is 3.71. The predicted molar refractivity (Wildman–Crippen MR) is 180 cm³/mol. The number of pyridine rings is 1. The van der Waals surface area contributed by atoms with E-state index in [2.05, 4.69) is 23.4 Å². The lowest BCUT2D eigenvalue weighted by Crippen LogP contribution is -2.47. The lowest BCUT2D eigenvalue weighted by atomic mass is 10.0. The van der Waals surface area contributed by atoms with Gasteiger partial charge < -0.3 is 9.80 Å². The molecule has 1 saturated carbocycles. The topological polar surface area (TPSA) is 73.8 Å². The summed E-state index contributed by atoms with van der Waals surface area (Å²) in [7, 11) is -3.72. The highest BCUT2D eigenvalue weighted by Gasteiger charge is 2.33. The Kier molecular flexibility index (Phi) is 10.4. The Morgan fingerprint density at radius 2 is 1.70 bits per heavy atom. The number of rotatable bonds is 7. The molecular formula is C34H46N4O3S2. The fraction of sp³-hybridized carbons (Fsp3) is 0.471. The van der Waals surface area contributed by atoms with E-state index in [9.17, 15) is 13.2 Å². The number of ketones is 1. The average molecular weight is 623 g/mol. The van der Waals surface area contributed by atoms with Gasteiger partial charge in [-0.1, -0.05) is 82.4 Å². The van der Waals surface area contributed by atoms with Gasteiger partial charge in [0.1, 0.15) is 10.7 Å². The van der Waals surface area contributed by atoms with Crippen LogP contribution in [0.4, 0.5) is 11.5 Å². The molecule has 0 N–H and O–H groups in total. The highest BCUT2D eigenvalue weighted by Crippen LogP contribution is 2.39. The van der Waals surface area contributed by atoms with E-state index in [1.54, 1.807) is 13.0 Å². The van der Waals surface area contributed by atoms with Crippen LogP contribution in [0.2, 0.25) is 0 Å². The van der Waals surface area contributed by atoms with Gasteiger partial charge in [0.25, 0.3) is 0 Å². The molecule has 2 aromatic heterocycles. The van der Waals surface area contributed by atoms with Gasteiger partial charge in [0.2, 0.25) is 10.0 Å². The monoisotopic (exact) mass is 622 g/mol. The third-order valence-electron chi connectivity index (χ3n) is 8.70. The molecule has 7 nitrogen and oxygen atoms in total. The smallest absolute Gasteiger partial charge is 0.245 e. The first-order valence-electron chi connectivity index (χ1n) is 15.7. The lowest BCUT2D eigenvalue weighted by Gasteiger charge is -2.37. The zero-order valence-corrected chi connectivity index (χ0v) is 27.1. The number of anilines is 2. The second kappa shape index (κ2) is 14.2. The molecule has 3 aliphatic rings. The van der Waals surface area contributed by atoms with E-state index < -0.39 is 10.0 Å². The summed E-state index contributed by atoms with van der Waals surface area (Å²) in [5, 5.41) is 0. The molecule has 3 aromatic rings. The molecule has 1 aromatic carbocycles. The number of nitrogens with zero attached hydrogens (tertiary/aromatic N) is 4. The molecule has 232 valence electrons. The number of carbonyl (C=O) groups is 1. The zero-order chi connectivity index (χ0) is 30.4. The van der Waals surface area contributed by atoms with Crippen molar-refractivity contribution in [3.8, 4) is 10.4 Å². The van der Waals surface area contributed by atoms with Crippen LogP contribution in [-0.4, -0.2) is 55.7 Å². The van der Waals surface area contributed by atoms with Crippen molar-refractivity contribution in [1.29, 1.82) is 0 Å². The second-order valence-corrected chi connectivity index (χ2v) is 14.7. The van der Waals surface area contributed by atoms with E-state index in [1.807, 2.05) is 47.4 Å². The Bertz CT molecular complexity index is 1490. The fourth-order valence-electron chi connectivity index (χ4n) is 6.28. The minimum atomic E-state index is -3.72. The SMILES string of the molecule is C1CCCCC1.C=C1CN(S(=O)(=O)c2ccc(N3CCCC3CC)nc2)CCN1c1cc(-c2ccccc2)sc1C(C)=O.[HH]. The third-order valence-corrected chi connectivity index (χ3v) is 11.8. The van der Waals surface area contributed by atoms with Crippen LogP contribution in [0.1, 0.15) is 82.7 Å². The first kappa shape index (κ1) is 31.4. The molecule has 0 radical (unpaired) electrons. The molecule has 2 aliphatic heterocycles. The molecule has 43 heavy (non-hydrogen) atoms. The number of benzene rings is 1. The van der Waals surface area contributed by atoms with Crippen molar-refractivity contribution in [1.82, 2.24) is 9.29 Å². The van der Waals surface area contributed by atoms with Crippen molar-refractivity contribution < 1.29 is 14.6 Å². The minimum absolute atomic E-state index is 0. The summed E-state index contributed by atoms with van der Waals surface area (Å²) in [6, 6.07) is 15.9. The highest BCUT2D eigenvalue weighted by molar-refractivity contribution is 7.89. The van der Waals surface area contributed by atoms with E-state index in [4.69, 9.17) is 0 Å². The number of carbonyl (C=O) groups excluding carboxylic acids is 1. The number of hydrogen-bond donors (Lipinski definition) is 0. The lowest BCUT2D eigenvalue weighted by molar-refractivity contribution is 0.102. The quantitative estimate of drug-likeness (QED) is 0.249. The normalized spacial score (nSPS) is 19.7. The van der Waals surface area contributed by atoms with Crippen LogP contribution >= 0.6 is 11.3 Å². The number of piperazine rings is 1. The van der Waals surface area contributed by atoms with Crippen molar-refractivity contribution >= 4 is 38.6 Å². The third kappa shape index (κ3) is 7.21. The van der Waals surface area contributed by atoms with E-state index in [1.165, 1.54) is 60.4 Å². The summed E-state index contributed by atoms with van der Waals surface area (Å²) in [4.78, 5) is 23.1. The zero-order valence-electron chi connectivity index (χ0n) is 25.5. The molecule has 3 fully saturated rings. The van der Waals surface area contributed by atoms with Crippen molar-refractivity contribution in [3.63, 3.8) is 0 Å². The van der Waals surface area contributed by atoms with Gasteiger partial charge in [0.15, 0.2) is 5.78 Å². The van der Waals surface area contributed by atoms with Crippen LogP contribution in [0.15, 0.2) is 71.9 Å². The summed E-state index contributed by atoms with van der Waals surface area (Å²) in [6.07, 6.45) is 13.8. The molecule has 1 aliphatic carbocycles. The number of aromatic nitrogens is 1. The maximum absolute atomic E-state index is 13.5. The first-order valence-corrected chi connectivity index (χ1v) is 17.9. The summed E-state index contributed by atoms with van der Waals surface area (Å²) in [5.41, 5.74) is 2.48. The minimum Gasteiger partial charge on any atom is -0.354 e. The van der Waals surface area contributed by atoms with Crippen LogP contribution in [0.3, 0.4) is 0 Å². The fourth-order valence-corrected chi connectivity index (χ4v) is 8.71. The molecule has 6 rings (SSSR count). The molecule has 1 atom stereocenters. The Morgan fingerprint density at radius 1 is 1.00 bits per heavy atom. The van der Waals surface area contributed by atoms with E-state index in [-0.39, 0.29) is 18.7 Å². The van der Waals surface area contributed by atoms with Gasteiger partial charge >= 0.3 is 0 Å². The molecule has 2 saturated heterocycles. The summed E-state index contributed by atoms with van der Waals surface area (Å²) < 4.78 is 28.4. The van der Waals surface area contributed by atoms with Gasteiger partial charge in [0, 0.05) is 50.8 Å². The van der Waals surface area contributed by atoms with Gasteiger partial charge in [-0.15, -0.1) is 11.3 Å². The van der Waals surface area contributed by atoms with Crippen molar-refractivity contribution in [2.24, 2.45) is 0 Å². The van der Waals surface area contributed by atoms with Gasteiger partial charge in [-0.2, -0.15) is 4.31 Å². The largest absolute Gasteiger partial charge is 0.354 e. The van der Waals surface area contributed by atoms with Crippen LogP contribution in [-0.2, 0) is 10.0 Å². The summed E-state index contributed by atoms with van der Waals surface area (Å²) in [5.74, 6) is 0.820. The summed E-state index contributed by atoms with van der Waals surface area (Å²) >= 11 is 1.46. The standard InChI is InChI=1S/C28H32N4O3S2.C6H12.H2/c1-4-23-11-8-14-32(23)27-13-12-24(18-29-27)37(34,35)30-15-16-31(20(2)19-30)25-17-26(36-28(25)21(3)33)22-9-6-5-7-10-22;1-2-4-6-5-3-1;/h5-7,9-10,12-13,17-18,23H,2,4,8,11,14-16,19H2,1,3H3;1-6H2;1H. The number of sulfonamides is 1. The van der Waals surface area contributed by atoms with E-state index in [0.717, 1.165) is 47.8 Å². The van der Waals surface area contributed by atoms with Gasteiger partial charge in [-0.3, -0.25) is 4.79 Å². The molecule has 0 bridgehead atoms. The Labute approximate surface area is 262 Å². The van der Waals surface area contributed by atoms with Crippen LogP contribution < -0.4 is 9.80 Å². The molecule has 0 spiro atoms. The summed E-state index contributed by atoms with van der Waals surface area (Å²) in [6.45, 7) is 9.74. The maximum atomic E-state index is 13.5. The van der Waals surface area contributed by atoms with Crippen LogP contribution in [0, 0.1) is 0 Å².